The van der Waals surface area contributed by atoms with E-state index in [1.54, 1.807) is 7.11 Å². The second-order valence-corrected chi connectivity index (χ2v) is 4.59. The SMILES string of the molecule is CO[C@H](CNC(=O)NC(C)C)c1ccccc1C. The summed E-state index contributed by atoms with van der Waals surface area (Å²) in [4.78, 5) is 11.5. The van der Waals surface area contributed by atoms with Gasteiger partial charge in [-0.25, -0.2) is 4.79 Å². The van der Waals surface area contributed by atoms with Gasteiger partial charge in [-0.1, -0.05) is 24.3 Å². The lowest BCUT2D eigenvalue weighted by Gasteiger charge is -2.19. The molecule has 100 valence electrons. The van der Waals surface area contributed by atoms with E-state index in [4.69, 9.17) is 4.74 Å². The number of carbonyl (C=O) groups is 1. The van der Waals surface area contributed by atoms with Crippen molar-refractivity contribution < 1.29 is 9.53 Å². The van der Waals surface area contributed by atoms with Crippen LogP contribution in [0.1, 0.15) is 31.1 Å². The van der Waals surface area contributed by atoms with Crippen LogP contribution in [0.2, 0.25) is 0 Å². The maximum Gasteiger partial charge on any atom is 0.315 e. The van der Waals surface area contributed by atoms with Crippen LogP contribution in [0.25, 0.3) is 0 Å². The third kappa shape index (κ3) is 4.37. The standard InChI is InChI=1S/C14H22N2O2/c1-10(2)16-14(17)15-9-13(18-4)12-8-6-5-7-11(12)3/h5-8,10,13H,9H2,1-4H3,(H2,15,16,17)/t13-/m1/s1. The summed E-state index contributed by atoms with van der Waals surface area (Å²) in [5, 5.41) is 5.60. The first-order chi connectivity index (χ1) is 8.54. The van der Waals surface area contributed by atoms with Crippen LogP contribution in [-0.2, 0) is 4.74 Å². The van der Waals surface area contributed by atoms with Crippen LogP contribution in [0.4, 0.5) is 4.79 Å². The fraction of sp³-hybridized carbons (Fsp3) is 0.500. The highest BCUT2D eigenvalue weighted by Gasteiger charge is 2.13. The number of carbonyl (C=O) groups excluding carboxylic acids is 1. The molecule has 1 rings (SSSR count). The molecule has 0 aliphatic rings. The van der Waals surface area contributed by atoms with Crippen molar-refractivity contribution in [2.45, 2.75) is 32.9 Å². The molecule has 0 saturated heterocycles. The smallest absolute Gasteiger partial charge is 0.315 e. The lowest BCUT2D eigenvalue weighted by molar-refractivity contribution is 0.103. The van der Waals surface area contributed by atoms with Gasteiger partial charge < -0.3 is 15.4 Å². The van der Waals surface area contributed by atoms with E-state index in [1.165, 1.54) is 0 Å². The molecule has 4 heteroatoms. The van der Waals surface area contributed by atoms with E-state index in [9.17, 15) is 4.79 Å². The predicted octanol–water partition coefficient (Wildman–Crippen LogP) is 2.39. The minimum absolute atomic E-state index is 0.121. The summed E-state index contributed by atoms with van der Waals surface area (Å²) in [7, 11) is 1.65. The second-order valence-electron chi connectivity index (χ2n) is 4.59. The van der Waals surface area contributed by atoms with Gasteiger partial charge in [-0.15, -0.1) is 0 Å². The fourth-order valence-corrected chi connectivity index (χ4v) is 1.77. The van der Waals surface area contributed by atoms with Crippen molar-refractivity contribution in [1.82, 2.24) is 10.6 Å². The van der Waals surface area contributed by atoms with Gasteiger partial charge in [-0.3, -0.25) is 0 Å². The zero-order valence-corrected chi connectivity index (χ0v) is 11.5. The van der Waals surface area contributed by atoms with Crippen molar-refractivity contribution >= 4 is 6.03 Å². The van der Waals surface area contributed by atoms with E-state index in [1.807, 2.05) is 45.0 Å². The van der Waals surface area contributed by atoms with Gasteiger partial charge in [-0.05, 0) is 31.9 Å². The molecule has 0 aliphatic carbocycles. The summed E-state index contributed by atoms with van der Waals surface area (Å²) in [6.07, 6.45) is -0.121. The van der Waals surface area contributed by atoms with Gasteiger partial charge in [0.1, 0.15) is 0 Å². The first-order valence-corrected chi connectivity index (χ1v) is 6.17. The van der Waals surface area contributed by atoms with E-state index < -0.39 is 0 Å². The Hall–Kier alpha value is -1.55. The van der Waals surface area contributed by atoms with Crippen molar-refractivity contribution in [2.24, 2.45) is 0 Å². The van der Waals surface area contributed by atoms with E-state index in [0.717, 1.165) is 11.1 Å². The minimum Gasteiger partial charge on any atom is -0.375 e. The molecule has 0 unspecified atom stereocenters. The molecule has 1 atom stereocenters. The lowest BCUT2D eigenvalue weighted by atomic mass is 10.0. The summed E-state index contributed by atoms with van der Waals surface area (Å²) in [6.45, 7) is 6.35. The quantitative estimate of drug-likeness (QED) is 0.843. The zero-order valence-electron chi connectivity index (χ0n) is 11.5. The summed E-state index contributed by atoms with van der Waals surface area (Å²) in [5.74, 6) is 0. The lowest BCUT2D eigenvalue weighted by Crippen LogP contribution is -2.41. The Labute approximate surface area is 109 Å². The van der Waals surface area contributed by atoms with E-state index in [2.05, 4.69) is 10.6 Å². The molecule has 0 heterocycles. The monoisotopic (exact) mass is 250 g/mol. The minimum atomic E-state index is -0.166. The number of hydrogen-bond acceptors (Lipinski definition) is 2. The Balaban J connectivity index is 2.58. The van der Waals surface area contributed by atoms with E-state index in [0.29, 0.717) is 6.54 Å². The van der Waals surface area contributed by atoms with Crippen LogP contribution in [0, 0.1) is 6.92 Å². The number of urea groups is 1. The Morgan fingerprint density at radius 1 is 1.33 bits per heavy atom. The number of rotatable bonds is 5. The van der Waals surface area contributed by atoms with Gasteiger partial charge in [0, 0.05) is 19.7 Å². The number of hydrogen-bond donors (Lipinski definition) is 2. The van der Waals surface area contributed by atoms with Crippen LogP contribution in [0.15, 0.2) is 24.3 Å². The molecule has 2 amide bonds. The number of benzene rings is 1. The number of nitrogens with one attached hydrogen (secondary N) is 2. The number of aryl methyl sites for hydroxylation is 1. The van der Waals surface area contributed by atoms with Gasteiger partial charge in [-0.2, -0.15) is 0 Å². The van der Waals surface area contributed by atoms with Crippen LogP contribution in [0.3, 0.4) is 0 Å². The van der Waals surface area contributed by atoms with Crippen molar-refractivity contribution in [3.8, 4) is 0 Å². The first-order valence-electron chi connectivity index (χ1n) is 6.17. The summed E-state index contributed by atoms with van der Waals surface area (Å²) in [5.41, 5.74) is 2.26. The van der Waals surface area contributed by atoms with Gasteiger partial charge in [0.25, 0.3) is 0 Å². The van der Waals surface area contributed by atoms with Crippen molar-refractivity contribution in [2.75, 3.05) is 13.7 Å². The maximum atomic E-state index is 11.5. The highest BCUT2D eigenvalue weighted by Crippen LogP contribution is 2.19. The molecule has 0 fully saturated rings. The molecule has 1 aromatic rings. The molecule has 0 saturated carbocycles. The Morgan fingerprint density at radius 2 is 2.00 bits per heavy atom. The van der Waals surface area contributed by atoms with Gasteiger partial charge in [0.05, 0.1) is 6.10 Å². The van der Waals surface area contributed by atoms with Crippen LogP contribution >= 0.6 is 0 Å². The molecule has 18 heavy (non-hydrogen) atoms. The highest BCUT2D eigenvalue weighted by atomic mass is 16.5. The Kier molecular flexibility index (Phi) is 5.65. The second kappa shape index (κ2) is 7.01. The number of amides is 2. The first kappa shape index (κ1) is 14.5. The fourth-order valence-electron chi connectivity index (χ4n) is 1.77. The molecule has 0 aliphatic heterocycles. The summed E-state index contributed by atoms with van der Waals surface area (Å²) >= 11 is 0. The highest BCUT2D eigenvalue weighted by molar-refractivity contribution is 5.74. The Bertz CT molecular complexity index is 391. The van der Waals surface area contributed by atoms with Crippen molar-refractivity contribution in [1.29, 1.82) is 0 Å². The predicted molar refractivity (Wildman–Crippen MR) is 72.6 cm³/mol. The third-order valence-electron chi connectivity index (χ3n) is 2.69. The largest absolute Gasteiger partial charge is 0.375 e. The van der Waals surface area contributed by atoms with E-state index >= 15 is 0 Å². The van der Waals surface area contributed by atoms with Gasteiger partial charge in [0.15, 0.2) is 0 Å². The van der Waals surface area contributed by atoms with Crippen LogP contribution in [0.5, 0.6) is 0 Å². The zero-order chi connectivity index (χ0) is 13.5. The normalized spacial score (nSPS) is 12.3. The molecule has 0 bridgehead atoms. The average Bonchev–Trinajstić information content (AvgIpc) is 2.31. The summed E-state index contributed by atoms with van der Waals surface area (Å²) in [6, 6.07) is 7.98. The molecule has 0 spiro atoms. The molecular formula is C14H22N2O2. The van der Waals surface area contributed by atoms with Crippen LogP contribution in [-0.4, -0.2) is 25.7 Å². The Morgan fingerprint density at radius 3 is 2.56 bits per heavy atom. The molecule has 0 aromatic heterocycles. The molecule has 1 aromatic carbocycles. The molecular weight excluding hydrogens is 228 g/mol. The van der Waals surface area contributed by atoms with Crippen molar-refractivity contribution in [3.05, 3.63) is 35.4 Å². The molecule has 4 nitrogen and oxygen atoms in total. The number of methoxy groups -OCH3 is 1. The summed E-state index contributed by atoms with van der Waals surface area (Å²) < 4.78 is 5.43. The van der Waals surface area contributed by atoms with Gasteiger partial charge >= 0.3 is 6.03 Å². The van der Waals surface area contributed by atoms with E-state index in [-0.39, 0.29) is 18.2 Å². The van der Waals surface area contributed by atoms with Crippen LogP contribution < -0.4 is 10.6 Å². The number of ether oxygens (including phenoxy) is 1. The molecule has 2 N–H and O–H groups in total. The maximum absolute atomic E-state index is 11.5. The topological polar surface area (TPSA) is 50.4 Å². The van der Waals surface area contributed by atoms with Crippen molar-refractivity contribution in [3.63, 3.8) is 0 Å². The average molecular weight is 250 g/mol. The molecule has 0 radical (unpaired) electrons. The third-order valence-corrected chi connectivity index (χ3v) is 2.69. The van der Waals surface area contributed by atoms with Gasteiger partial charge in [0.2, 0.25) is 0 Å².